The maximum absolute atomic E-state index is 3.26. The first-order valence-corrected chi connectivity index (χ1v) is 3.40. The molecular formula is C9H10NNa. The Balaban J connectivity index is 0.000000605. The summed E-state index contributed by atoms with van der Waals surface area (Å²) in [4.78, 5) is 3.26. The van der Waals surface area contributed by atoms with Gasteiger partial charge in [0.15, 0.2) is 0 Å². The van der Waals surface area contributed by atoms with E-state index in [2.05, 4.69) is 36.2 Å². The standard InChI is InChI=1S/C9H9N.Na.H/c1-7-6-8-4-2-3-5-9(8)10-7;;/h2-6,10H,1H3;;/q;+1;-1. The molecule has 2 rings (SSSR count). The minimum Gasteiger partial charge on any atom is -1.00 e. The van der Waals surface area contributed by atoms with E-state index in [1.54, 1.807) is 0 Å². The average molecular weight is 155 g/mol. The molecule has 2 heteroatoms. The van der Waals surface area contributed by atoms with Crippen molar-refractivity contribution in [3.63, 3.8) is 0 Å². The predicted octanol–water partition coefficient (Wildman–Crippen LogP) is -0.407. The molecule has 0 fully saturated rings. The summed E-state index contributed by atoms with van der Waals surface area (Å²) in [7, 11) is 0. The molecule has 0 aliphatic heterocycles. The van der Waals surface area contributed by atoms with E-state index < -0.39 is 0 Å². The Labute approximate surface area is 89.6 Å². The number of aromatic nitrogens is 1. The van der Waals surface area contributed by atoms with Crippen LogP contribution in [0.3, 0.4) is 0 Å². The van der Waals surface area contributed by atoms with Crippen LogP contribution in [0.15, 0.2) is 30.3 Å². The molecule has 1 nitrogen and oxygen atoms in total. The minimum absolute atomic E-state index is 0. The second-order valence-corrected chi connectivity index (χ2v) is 2.54. The minimum atomic E-state index is 0. The molecule has 0 amide bonds. The van der Waals surface area contributed by atoms with Crippen molar-refractivity contribution in [1.29, 1.82) is 0 Å². The SMILES string of the molecule is Cc1cc2ccccc2[nH]1.[H-].[Na+]. The van der Waals surface area contributed by atoms with Gasteiger partial charge in [-0.25, -0.2) is 0 Å². The quantitative estimate of drug-likeness (QED) is 0.498. The molecule has 0 saturated carbocycles. The van der Waals surface area contributed by atoms with Gasteiger partial charge in [0.1, 0.15) is 0 Å². The van der Waals surface area contributed by atoms with Gasteiger partial charge in [0.2, 0.25) is 0 Å². The first-order valence-electron chi connectivity index (χ1n) is 3.40. The van der Waals surface area contributed by atoms with E-state index in [0.717, 1.165) is 0 Å². The van der Waals surface area contributed by atoms with Gasteiger partial charge in [-0.2, -0.15) is 0 Å². The van der Waals surface area contributed by atoms with Gasteiger partial charge in [-0.3, -0.25) is 0 Å². The fraction of sp³-hybridized carbons (Fsp3) is 0.111. The molecule has 11 heavy (non-hydrogen) atoms. The monoisotopic (exact) mass is 155 g/mol. The number of nitrogens with one attached hydrogen (secondary N) is 1. The van der Waals surface area contributed by atoms with E-state index in [9.17, 15) is 0 Å². The first kappa shape index (κ1) is 8.85. The number of fused-ring (bicyclic) bond motifs is 1. The molecule has 0 saturated heterocycles. The summed E-state index contributed by atoms with van der Waals surface area (Å²) in [6, 6.07) is 10.4. The van der Waals surface area contributed by atoms with E-state index >= 15 is 0 Å². The Morgan fingerprint density at radius 2 is 2.00 bits per heavy atom. The van der Waals surface area contributed by atoms with Gasteiger partial charge >= 0.3 is 29.6 Å². The van der Waals surface area contributed by atoms with Crippen molar-refractivity contribution in [2.24, 2.45) is 0 Å². The molecule has 1 heterocycles. The number of rotatable bonds is 0. The van der Waals surface area contributed by atoms with Gasteiger partial charge in [0.25, 0.3) is 0 Å². The molecule has 0 aliphatic carbocycles. The molecule has 0 radical (unpaired) electrons. The normalized spacial score (nSPS) is 9.55. The Morgan fingerprint density at radius 3 is 2.73 bits per heavy atom. The number of hydrogen-bond acceptors (Lipinski definition) is 0. The summed E-state index contributed by atoms with van der Waals surface area (Å²) in [6.45, 7) is 2.07. The molecule has 1 N–H and O–H groups in total. The summed E-state index contributed by atoms with van der Waals surface area (Å²) >= 11 is 0. The van der Waals surface area contributed by atoms with Crippen LogP contribution in [0.25, 0.3) is 10.9 Å². The fourth-order valence-electron chi connectivity index (χ4n) is 1.22. The van der Waals surface area contributed by atoms with Crippen molar-refractivity contribution in [2.45, 2.75) is 6.92 Å². The van der Waals surface area contributed by atoms with E-state index in [-0.39, 0.29) is 31.0 Å². The Morgan fingerprint density at radius 1 is 1.27 bits per heavy atom. The summed E-state index contributed by atoms with van der Waals surface area (Å²) in [5, 5.41) is 1.29. The number of H-pyrrole nitrogens is 1. The molecule has 0 atom stereocenters. The molecule has 1 aromatic carbocycles. The zero-order chi connectivity index (χ0) is 6.97. The van der Waals surface area contributed by atoms with Crippen LogP contribution < -0.4 is 29.6 Å². The number of aromatic amines is 1. The van der Waals surface area contributed by atoms with Crippen LogP contribution in [0.2, 0.25) is 0 Å². The van der Waals surface area contributed by atoms with Crippen molar-refractivity contribution < 1.29 is 31.0 Å². The van der Waals surface area contributed by atoms with Gasteiger partial charge in [0, 0.05) is 11.2 Å². The maximum Gasteiger partial charge on any atom is 1.00 e. The molecule has 0 aliphatic rings. The van der Waals surface area contributed by atoms with E-state index in [4.69, 9.17) is 0 Å². The first-order chi connectivity index (χ1) is 4.86. The van der Waals surface area contributed by atoms with Crippen molar-refractivity contribution >= 4 is 10.9 Å². The third-order valence-electron chi connectivity index (χ3n) is 1.66. The van der Waals surface area contributed by atoms with Gasteiger partial charge in [-0.1, -0.05) is 18.2 Å². The van der Waals surface area contributed by atoms with Crippen LogP contribution >= 0.6 is 0 Å². The van der Waals surface area contributed by atoms with Crippen LogP contribution in [-0.2, 0) is 0 Å². The maximum atomic E-state index is 3.26. The summed E-state index contributed by atoms with van der Waals surface area (Å²) < 4.78 is 0. The van der Waals surface area contributed by atoms with Crippen LogP contribution in [0.4, 0.5) is 0 Å². The predicted molar refractivity (Wildman–Crippen MR) is 44.1 cm³/mol. The van der Waals surface area contributed by atoms with Crippen LogP contribution in [0, 0.1) is 6.92 Å². The molecule has 0 bridgehead atoms. The number of aryl methyl sites for hydroxylation is 1. The molecule has 0 spiro atoms. The van der Waals surface area contributed by atoms with Crippen molar-refractivity contribution in [3.8, 4) is 0 Å². The zero-order valence-electron chi connectivity index (χ0n) is 7.89. The van der Waals surface area contributed by atoms with Crippen LogP contribution in [-0.4, -0.2) is 4.98 Å². The smallest absolute Gasteiger partial charge is 1.00 e. The molecule has 0 unspecified atom stereocenters. The molecule has 1 aromatic heterocycles. The van der Waals surface area contributed by atoms with Crippen LogP contribution in [0.1, 0.15) is 7.12 Å². The van der Waals surface area contributed by atoms with Gasteiger partial charge in [0.05, 0.1) is 0 Å². The fourth-order valence-corrected chi connectivity index (χ4v) is 1.22. The number of hydrogen-bond donors (Lipinski definition) is 1. The van der Waals surface area contributed by atoms with Gasteiger partial charge < -0.3 is 6.41 Å². The van der Waals surface area contributed by atoms with E-state index in [1.165, 1.54) is 16.6 Å². The molecule has 52 valence electrons. The topological polar surface area (TPSA) is 15.8 Å². The molecular weight excluding hydrogens is 145 g/mol. The Hall–Kier alpha value is -0.240. The summed E-state index contributed by atoms with van der Waals surface area (Å²) in [6.07, 6.45) is 0. The zero-order valence-corrected chi connectivity index (χ0v) is 8.89. The summed E-state index contributed by atoms with van der Waals surface area (Å²) in [5.74, 6) is 0. The third-order valence-corrected chi connectivity index (χ3v) is 1.66. The molecule has 2 aromatic rings. The Kier molecular flexibility index (Phi) is 2.77. The number of benzene rings is 1. The van der Waals surface area contributed by atoms with Crippen molar-refractivity contribution in [1.82, 2.24) is 4.98 Å². The van der Waals surface area contributed by atoms with Gasteiger partial charge in [-0.15, -0.1) is 0 Å². The average Bonchev–Trinajstić information content (AvgIpc) is 2.27. The number of para-hydroxylation sites is 1. The summed E-state index contributed by atoms with van der Waals surface area (Å²) in [5.41, 5.74) is 2.45. The van der Waals surface area contributed by atoms with E-state index in [1.807, 2.05) is 6.07 Å². The second-order valence-electron chi connectivity index (χ2n) is 2.54. The van der Waals surface area contributed by atoms with Crippen LogP contribution in [0.5, 0.6) is 0 Å². The largest absolute Gasteiger partial charge is 1.00 e. The second kappa shape index (κ2) is 3.44. The van der Waals surface area contributed by atoms with E-state index in [0.29, 0.717) is 0 Å². The van der Waals surface area contributed by atoms with Crippen molar-refractivity contribution in [3.05, 3.63) is 36.0 Å². The Bertz CT molecular complexity index is 323. The van der Waals surface area contributed by atoms with Gasteiger partial charge in [-0.05, 0) is 24.4 Å². The van der Waals surface area contributed by atoms with Crippen molar-refractivity contribution in [2.75, 3.05) is 0 Å². The third kappa shape index (κ3) is 1.67.